The molecule has 2 heteroatoms. The van der Waals surface area contributed by atoms with E-state index < -0.39 is 0 Å². The van der Waals surface area contributed by atoms with E-state index in [1.54, 1.807) is 0 Å². The fourth-order valence-electron chi connectivity index (χ4n) is 2.65. The van der Waals surface area contributed by atoms with E-state index in [1.807, 2.05) is 24.3 Å². The lowest BCUT2D eigenvalue weighted by molar-refractivity contribution is 0.619. The summed E-state index contributed by atoms with van der Waals surface area (Å²) in [7, 11) is 0. The molecule has 0 amide bonds. The summed E-state index contributed by atoms with van der Waals surface area (Å²) in [4.78, 5) is 4.53. The predicted octanol–water partition coefficient (Wildman–Crippen LogP) is 5.40. The summed E-state index contributed by atoms with van der Waals surface area (Å²) in [6.07, 6.45) is 2.36. The number of oxazole rings is 1. The van der Waals surface area contributed by atoms with Crippen LogP contribution in [0.1, 0.15) is 38.2 Å². The van der Waals surface area contributed by atoms with E-state index in [9.17, 15) is 0 Å². The number of hydrogen-bond acceptors (Lipinski definition) is 2. The lowest BCUT2D eigenvalue weighted by atomic mass is 9.93. The smallest absolute Gasteiger partial charge is 0.227 e. The molecule has 0 N–H and O–H groups in total. The molecule has 20 heavy (non-hydrogen) atoms. The minimum atomic E-state index is 0.646. The summed E-state index contributed by atoms with van der Waals surface area (Å²) in [5, 5.41) is 0. The van der Waals surface area contributed by atoms with E-state index >= 15 is 0 Å². The van der Waals surface area contributed by atoms with Crippen LogP contribution >= 0.6 is 0 Å². The zero-order chi connectivity index (χ0) is 13.9. The van der Waals surface area contributed by atoms with Crippen molar-refractivity contribution in [1.29, 1.82) is 0 Å². The van der Waals surface area contributed by atoms with Crippen LogP contribution in [0, 0.1) is 0 Å². The van der Waals surface area contributed by atoms with Crippen LogP contribution in [0.2, 0.25) is 0 Å². The Balaban J connectivity index is 1.94. The minimum Gasteiger partial charge on any atom is -0.436 e. The van der Waals surface area contributed by atoms with Gasteiger partial charge in [0.25, 0.3) is 0 Å². The molecule has 0 saturated heterocycles. The first-order valence-corrected chi connectivity index (χ1v) is 7.27. The van der Waals surface area contributed by atoms with Crippen LogP contribution in [0.4, 0.5) is 0 Å². The second kappa shape index (κ2) is 5.49. The van der Waals surface area contributed by atoms with Crippen LogP contribution < -0.4 is 0 Å². The van der Waals surface area contributed by atoms with Crippen molar-refractivity contribution in [2.45, 2.75) is 32.6 Å². The standard InChI is InChI=1S/C18H19NO/c1-3-13(4-2)14-9-11-15(12-10-14)18-19-16-7-5-6-8-17(16)20-18/h5-13H,3-4H2,1-2H3. The molecule has 0 bridgehead atoms. The van der Waals surface area contributed by atoms with E-state index in [4.69, 9.17) is 4.42 Å². The third-order valence-electron chi connectivity index (χ3n) is 3.91. The fourth-order valence-corrected chi connectivity index (χ4v) is 2.65. The number of aromatic nitrogens is 1. The second-order valence-electron chi connectivity index (χ2n) is 5.12. The van der Waals surface area contributed by atoms with Gasteiger partial charge in [0, 0.05) is 5.56 Å². The Labute approximate surface area is 119 Å². The zero-order valence-corrected chi connectivity index (χ0v) is 12.0. The number of benzene rings is 2. The normalized spacial score (nSPS) is 11.3. The summed E-state index contributed by atoms with van der Waals surface area (Å²) < 4.78 is 5.80. The Bertz CT molecular complexity index is 660. The first-order chi connectivity index (χ1) is 9.81. The van der Waals surface area contributed by atoms with Gasteiger partial charge in [-0.25, -0.2) is 4.98 Å². The van der Waals surface area contributed by atoms with Crippen LogP contribution in [0.25, 0.3) is 22.6 Å². The highest BCUT2D eigenvalue weighted by atomic mass is 16.3. The number of hydrogen-bond donors (Lipinski definition) is 0. The Morgan fingerprint density at radius 3 is 2.30 bits per heavy atom. The number of para-hydroxylation sites is 2. The third kappa shape index (κ3) is 2.34. The van der Waals surface area contributed by atoms with Gasteiger partial charge >= 0.3 is 0 Å². The Morgan fingerprint density at radius 1 is 0.950 bits per heavy atom. The summed E-state index contributed by atoms with van der Waals surface area (Å²) >= 11 is 0. The van der Waals surface area contributed by atoms with E-state index in [2.05, 4.69) is 43.1 Å². The minimum absolute atomic E-state index is 0.646. The van der Waals surface area contributed by atoms with Crippen molar-refractivity contribution in [3.63, 3.8) is 0 Å². The summed E-state index contributed by atoms with van der Waals surface area (Å²) in [6, 6.07) is 16.5. The molecule has 0 saturated carbocycles. The maximum atomic E-state index is 5.80. The van der Waals surface area contributed by atoms with Crippen molar-refractivity contribution in [1.82, 2.24) is 4.98 Å². The lowest BCUT2D eigenvalue weighted by Gasteiger charge is -2.12. The molecule has 0 unspecified atom stereocenters. The predicted molar refractivity (Wildman–Crippen MR) is 82.8 cm³/mol. The molecule has 0 spiro atoms. The first kappa shape index (κ1) is 12.9. The number of rotatable bonds is 4. The van der Waals surface area contributed by atoms with Crippen molar-refractivity contribution < 1.29 is 4.42 Å². The van der Waals surface area contributed by atoms with Crippen molar-refractivity contribution in [3.05, 3.63) is 54.1 Å². The fraction of sp³-hybridized carbons (Fsp3) is 0.278. The molecule has 2 aromatic carbocycles. The van der Waals surface area contributed by atoms with Gasteiger partial charge in [-0.1, -0.05) is 38.1 Å². The Hall–Kier alpha value is -2.09. The molecule has 0 atom stereocenters. The summed E-state index contributed by atoms with van der Waals surface area (Å²) in [6.45, 7) is 4.48. The Kier molecular flexibility index (Phi) is 3.55. The molecule has 0 aliphatic carbocycles. The number of nitrogens with zero attached hydrogens (tertiary/aromatic N) is 1. The largest absolute Gasteiger partial charge is 0.436 e. The first-order valence-electron chi connectivity index (χ1n) is 7.27. The summed E-state index contributed by atoms with van der Waals surface area (Å²) in [5.41, 5.74) is 4.18. The molecule has 0 radical (unpaired) electrons. The van der Waals surface area contributed by atoms with Gasteiger partial charge in [-0.3, -0.25) is 0 Å². The van der Waals surface area contributed by atoms with E-state index in [0.717, 1.165) is 16.7 Å². The highest BCUT2D eigenvalue weighted by Gasteiger charge is 2.10. The second-order valence-corrected chi connectivity index (χ2v) is 5.12. The van der Waals surface area contributed by atoms with Crippen molar-refractivity contribution in [2.24, 2.45) is 0 Å². The zero-order valence-electron chi connectivity index (χ0n) is 12.0. The van der Waals surface area contributed by atoms with Gasteiger partial charge in [-0.05, 0) is 48.6 Å². The van der Waals surface area contributed by atoms with E-state index in [0.29, 0.717) is 11.8 Å². The SMILES string of the molecule is CCC(CC)c1ccc(-c2nc3ccccc3o2)cc1. The maximum Gasteiger partial charge on any atom is 0.227 e. The van der Waals surface area contributed by atoms with Gasteiger partial charge in [0.2, 0.25) is 5.89 Å². The quantitative estimate of drug-likeness (QED) is 0.631. The topological polar surface area (TPSA) is 26.0 Å². The average Bonchev–Trinajstić information content (AvgIpc) is 2.93. The molecule has 1 aromatic heterocycles. The highest BCUT2D eigenvalue weighted by molar-refractivity contribution is 5.75. The Morgan fingerprint density at radius 2 is 1.65 bits per heavy atom. The average molecular weight is 265 g/mol. The highest BCUT2D eigenvalue weighted by Crippen LogP contribution is 2.27. The van der Waals surface area contributed by atoms with Crippen molar-refractivity contribution in [3.8, 4) is 11.5 Å². The monoisotopic (exact) mass is 265 g/mol. The van der Waals surface area contributed by atoms with Gasteiger partial charge in [0.05, 0.1) is 0 Å². The van der Waals surface area contributed by atoms with Crippen LogP contribution in [0.15, 0.2) is 52.9 Å². The van der Waals surface area contributed by atoms with Crippen molar-refractivity contribution in [2.75, 3.05) is 0 Å². The molecule has 0 aliphatic rings. The van der Waals surface area contributed by atoms with Crippen LogP contribution in [-0.2, 0) is 0 Å². The molecule has 0 fully saturated rings. The van der Waals surface area contributed by atoms with E-state index in [-0.39, 0.29) is 0 Å². The molecular formula is C18H19NO. The molecule has 102 valence electrons. The van der Waals surface area contributed by atoms with Crippen LogP contribution in [-0.4, -0.2) is 4.98 Å². The molecule has 3 rings (SSSR count). The lowest BCUT2D eigenvalue weighted by Crippen LogP contribution is -1.94. The third-order valence-corrected chi connectivity index (χ3v) is 3.91. The van der Waals surface area contributed by atoms with Gasteiger partial charge in [-0.15, -0.1) is 0 Å². The number of fused-ring (bicyclic) bond motifs is 1. The van der Waals surface area contributed by atoms with E-state index in [1.165, 1.54) is 18.4 Å². The van der Waals surface area contributed by atoms with Crippen LogP contribution in [0.5, 0.6) is 0 Å². The molecule has 1 heterocycles. The molecule has 3 aromatic rings. The van der Waals surface area contributed by atoms with Gasteiger partial charge in [0.1, 0.15) is 5.52 Å². The summed E-state index contributed by atoms with van der Waals surface area (Å²) in [5.74, 6) is 1.34. The van der Waals surface area contributed by atoms with Gasteiger partial charge in [0.15, 0.2) is 5.58 Å². The molecule has 0 aliphatic heterocycles. The molecule has 2 nitrogen and oxygen atoms in total. The van der Waals surface area contributed by atoms with Gasteiger partial charge in [-0.2, -0.15) is 0 Å². The van der Waals surface area contributed by atoms with Crippen molar-refractivity contribution >= 4 is 11.1 Å². The molecular weight excluding hydrogens is 246 g/mol. The van der Waals surface area contributed by atoms with Gasteiger partial charge < -0.3 is 4.42 Å². The maximum absolute atomic E-state index is 5.80. The van der Waals surface area contributed by atoms with Crippen LogP contribution in [0.3, 0.4) is 0 Å².